The first-order valence-electron chi connectivity index (χ1n) is 6.80. The van der Waals surface area contributed by atoms with Crippen LogP contribution < -0.4 is 5.73 Å². The van der Waals surface area contributed by atoms with Gasteiger partial charge < -0.3 is 10.5 Å². The van der Waals surface area contributed by atoms with Gasteiger partial charge in [-0.25, -0.2) is 0 Å². The molecular formula is C16H20N2O2. The Kier molecular flexibility index (Phi) is 4.35. The van der Waals surface area contributed by atoms with E-state index in [0.717, 1.165) is 16.5 Å². The number of fused-ring (bicyclic) bond motifs is 1. The molecule has 0 amide bonds. The summed E-state index contributed by atoms with van der Waals surface area (Å²) in [5.41, 5.74) is 7.02. The van der Waals surface area contributed by atoms with E-state index in [9.17, 15) is 4.79 Å². The Morgan fingerprint density at radius 2 is 2.10 bits per heavy atom. The van der Waals surface area contributed by atoms with Gasteiger partial charge in [0, 0.05) is 18.1 Å². The zero-order valence-electron chi connectivity index (χ0n) is 11.9. The summed E-state index contributed by atoms with van der Waals surface area (Å²) in [7, 11) is 0. The van der Waals surface area contributed by atoms with E-state index in [-0.39, 0.29) is 12.5 Å². The van der Waals surface area contributed by atoms with Crippen LogP contribution in [0, 0.1) is 5.41 Å². The molecule has 0 aliphatic carbocycles. The lowest BCUT2D eigenvalue weighted by atomic mass is 9.83. The number of hydrogen-bond acceptors (Lipinski definition) is 4. The largest absolute Gasteiger partial charge is 0.466 e. The number of esters is 1. The second-order valence-electron chi connectivity index (χ2n) is 5.15. The zero-order chi connectivity index (χ0) is 14.6. The van der Waals surface area contributed by atoms with Crippen LogP contribution in [0.25, 0.3) is 10.9 Å². The van der Waals surface area contributed by atoms with E-state index >= 15 is 0 Å². The topological polar surface area (TPSA) is 65.2 Å². The molecule has 0 radical (unpaired) electrons. The molecule has 1 atom stereocenters. The van der Waals surface area contributed by atoms with Gasteiger partial charge in [-0.05, 0) is 31.9 Å². The summed E-state index contributed by atoms with van der Waals surface area (Å²) in [4.78, 5) is 16.5. The van der Waals surface area contributed by atoms with E-state index in [1.165, 1.54) is 0 Å². The van der Waals surface area contributed by atoms with Crippen LogP contribution in [0.4, 0.5) is 0 Å². The quantitative estimate of drug-likeness (QED) is 0.848. The summed E-state index contributed by atoms with van der Waals surface area (Å²) in [5, 5.41) is 1.06. The highest BCUT2D eigenvalue weighted by Crippen LogP contribution is 2.27. The van der Waals surface area contributed by atoms with Crippen molar-refractivity contribution in [3.8, 4) is 0 Å². The van der Waals surface area contributed by atoms with Gasteiger partial charge in [0.1, 0.15) is 0 Å². The first-order chi connectivity index (χ1) is 9.60. The predicted octanol–water partition coefficient (Wildman–Crippen LogP) is 2.31. The van der Waals surface area contributed by atoms with E-state index in [4.69, 9.17) is 10.5 Å². The minimum atomic E-state index is -0.720. The van der Waals surface area contributed by atoms with Crippen LogP contribution in [0.1, 0.15) is 19.4 Å². The van der Waals surface area contributed by atoms with Crippen molar-refractivity contribution in [2.45, 2.75) is 20.3 Å². The van der Waals surface area contributed by atoms with Crippen molar-refractivity contribution in [2.75, 3.05) is 13.2 Å². The Bertz CT molecular complexity index is 607. The highest BCUT2D eigenvalue weighted by molar-refractivity contribution is 5.83. The van der Waals surface area contributed by atoms with Gasteiger partial charge in [0.2, 0.25) is 0 Å². The molecule has 0 saturated carbocycles. The number of nitrogens with two attached hydrogens (primary N) is 1. The number of carbonyl (C=O) groups is 1. The van der Waals surface area contributed by atoms with Crippen LogP contribution in [-0.4, -0.2) is 24.1 Å². The number of hydrogen-bond donors (Lipinski definition) is 1. The lowest BCUT2D eigenvalue weighted by molar-refractivity contribution is -0.153. The van der Waals surface area contributed by atoms with Crippen LogP contribution in [0.2, 0.25) is 0 Å². The van der Waals surface area contributed by atoms with E-state index in [1.54, 1.807) is 13.1 Å². The molecule has 106 valence electrons. The molecule has 0 bridgehead atoms. The van der Waals surface area contributed by atoms with E-state index in [0.29, 0.717) is 13.0 Å². The van der Waals surface area contributed by atoms with Gasteiger partial charge in [-0.15, -0.1) is 0 Å². The standard InChI is InChI=1S/C16H20N2O2/c1-3-20-15(19)16(2,11-17)10-13-7-4-6-12-8-5-9-18-14(12)13/h4-9H,3,10-11,17H2,1-2H3. The highest BCUT2D eigenvalue weighted by Gasteiger charge is 2.34. The SMILES string of the molecule is CCOC(=O)C(C)(CN)Cc1cccc2cccnc12. The van der Waals surface area contributed by atoms with Crippen molar-refractivity contribution in [2.24, 2.45) is 11.1 Å². The minimum Gasteiger partial charge on any atom is -0.466 e. The second kappa shape index (κ2) is 6.01. The molecule has 0 aliphatic heterocycles. The Morgan fingerprint density at radius 3 is 2.80 bits per heavy atom. The predicted molar refractivity (Wildman–Crippen MR) is 79.2 cm³/mol. The van der Waals surface area contributed by atoms with Crippen LogP contribution in [0.5, 0.6) is 0 Å². The van der Waals surface area contributed by atoms with Crippen LogP contribution in [-0.2, 0) is 16.0 Å². The third kappa shape index (κ3) is 2.80. The number of nitrogens with zero attached hydrogens (tertiary/aromatic N) is 1. The molecule has 0 spiro atoms. The van der Waals surface area contributed by atoms with Crippen molar-refractivity contribution in [1.29, 1.82) is 0 Å². The summed E-state index contributed by atoms with van der Waals surface area (Å²) in [6.45, 7) is 4.25. The van der Waals surface area contributed by atoms with Gasteiger partial charge >= 0.3 is 5.97 Å². The number of para-hydroxylation sites is 1. The van der Waals surface area contributed by atoms with Crippen molar-refractivity contribution >= 4 is 16.9 Å². The average molecular weight is 272 g/mol. The lowest BCUT2D eigenvalue weighted by Crippen LogP contribution is -2.39. The second-order valence-corrected chi connectivity index (χ2v) is 5.15. The minimum absolute atomic E-state index is 0.245. The maximum atomic E-state index is 12.1. The number of benzene rings is 1. The maximum absolute atomic E-state index is 12.1. The summed E-state index contributed by atoms with van der Waals surface area (Å²) >= 11 is 0. The summed E-state index contributed by atoms with van der Waals surface area (Å²) < 4.78 is 5.14. The average Bonchev–Trinajstić information content (AvgIpc) is 2.48. The Morgan fingerprint density at radius 1 is 1.35 bits per heavy atom. The summed E-state index contributed by atoms with van der Waals surface area (Å²) in [6.07, 6.45) is 2.28. The van der Waals surface area contributed by atoms with Crippen LogP contribution in [0.15, 0.2) is 36.5 Å². The molecule has 2 aromatic rings. The van der Waals surface area contributed by atoms with E-state index in [1.807, 2.05) is 37.3 Å². The fourth-order valence-electron chi connectivity index (χ4n) is 2.26. The van der Waals surface area contributed by atoms with Crippen molar-refractivity contribution in [1.82, 2.24) is 4.98 Å². The van der Waals surface area contributed by atoms with Gasteiger partial charge in [-0.2, -0.15) is 0 Å². The molecule has 2 N–H and O–H groups in total. The van der Waals surface area contributed by atoms with Crippen molar-refractivity contribution in [3.05, 3.63) is 42.1 Å². The monoisotopic (exact) mass is 272 g/mol. The van der Waals surface area contributed by atoms with Crippen LogP contribution in [0.3, 0.4) is 0 Å². The van der Waals surface area contributed by atoms with E-state index in [2.05, 4.69) is 4.98 Å². The van der Waals surface area contributed by atoms with Gasteiger partial charge in [-0.1, -0.05) is 24.3 Å². The normalized spacial score (nSPS) is 13.9. The Balaban J connectivity index is 2.37. The molecule has 1 heterocycles. The molecule has 1 aromatic heterocycles. The zero-order valence-corrected chi connectivity index (χ0v) is 11.9. The van der Waals surface area contributed by atoms with E-state index < -0.39 is 5.41 Å². The molecule has 1 aromatic carbocycles. The summed E-state index contributed by atoms with van der Waals surface area (Å²) in [5.74, 6) is -0.254. The van der Waals surface area contributed by atoms with Gasteiger partial charge in [0.05, 0.1) is 17.5 Å². The fraction of sp³-hybridized carbons (Fsp3) is 0.375. The number of ether oxygens (including phenoxy) is 1. The fourth-order valence-corrected chi connectivity index (χ4v) is 2.26. The van der Waals surface area contributed by atoms with Gasteiger partial charge in [-0.3, -0.25) is 9.78 Å². The summed E-state index contributed by atoms with van der Waals surface area (Å²) in [6, 6.07) is 9.88. The highest BCUT2D eigenvalue weighted by atomic mass is 16.5. The number of pyridine rings is 1. The molecular weight excluding hydrogens is 252 g/mol. The third-order valence-electron chi connectivity index (χ3n) is 3.52. The molecule has 2 rings (SSSR count). The molecule has 4 heteroatoms. The third-order valence-corrected chi connectivity index (χ3v) is 3.52. The smallest absolute Gasteiger partial charge is 0.313 e. The number of carbonyl (C=O) groups excluding carboxylic acids is 1. The number of aromatic nitrogens is 1. The van der Waals surface area contributed by atoms with Gasteiger partial charge in [0.15, 0.2) is 0 Å². The molecule has 0 saturated heterocycles. The first kappa shape index (κ1) is 14.5. The lowest BCUT2D eigenvalue weighted by Gasteiger charge is -2.25. The molecule has 0 aliphatic rings. The van der Waals surface area contributed by atoms with Crippen LogP contribution >= 0.6 is 0 Å². The molecule has 20 heavy (non-hydrogen) atoms. The van der Waals surface area contributed by atoms with Crippen molar-refractivity contribution in [3.63, 3.8) is 0 Å². The number of rotatable bonds is 5. The molecule has 0 fully saturated rings. The first-order valence-corrected chi connectivity index (χ1v) is 6.80. The van der Waals surface area contributed by atoms with Crippen molar-refractivity contribution < 1.29 is 9.53 Å². The molecule has 1 unspecified atom stereocenters. The maximum Gasteiger partial charge on any atom is 0.313 e. The molecule has 4 nitrogen and oxygen atoms in total. The Hall–Kier alpha value is -1.94. The van der Waals surface area contributed by atoms with Gasteiger partial charge in [0.25, 0.3) is 0 Å². The Labute approximate surface area is 119 Å².